The Morgan fingerprint density at radius 2 is 1.05 bits per heavy atom. The first-order chi connectivity index (χ1) is 19.3. The van der Waals surface area contributed by atoms with Gasteiger partial charge in [0.25, 0.3) is 0 Å². The van der Waals surface area contributed by atoms with Crippen LogP contribution in [0, 0.1) is 0 Å². The molecule has 4 fully saturated rings. The molecule has 8 rings (SSSR count). The quantitative estimate of drug-likeness (QED) is 0.353. The van der Waals surface area contributed by atoms with E-state index in [-0.39, 0.29) is 0 Å². The molecule has 3 aromatic carbocycles. The van der Waals surface area contributed by atoms with E-state index in [1.165, 1.54) is 137 Å². The molecule has 5 nitrogen and oxygen atoms in total. The van der Waals surface area contributed by atoms with E-state index in [1.807, 2.05) is 0 Å². The minimum atomic E-state index is 0.379. The van der Waals surface area contributed by atoms with Crippen molar-refractivity contribution in [3.05, 3.63) is 48.5 Å². The van der Waals surface area contributed by atoms with Crippen LogP contribution in [0.15, 0.2) is 48.5 Å². The van der Waals surface area contributed by atoms with Crippen LogP contribution in [0.3, 0.4) is 0 Å². The van der Waals surface area contributed by atoms with Gasteiger partial charge < -0.3 is 24.0 Å². The van der Waals surface area contributed by atoms with Crippen LogP contribution in [0.25, 0.3) is 21.9 Å². The van der Waals surface area contributed by atoms with Gasteiger partial charge in [0, 0.05) is 10.9 Å². The molecule has 5 aliphatic rings. The Bertz CT molecular complexity index is 1330. The fraction of sp³-hybridized carbons (Fsp3) is 0.500. The minimum Gasteiger partial charge on any atom is -0.456 e. The highest BCUT2D eigenvalue weighted by molar-refractivity contribution is 6.71. The predicted molar refractivity (Wildman–Crippen MR) is 163 cm³/mol. The second-order valence-corrected chi connectivity index (χ2v) is 12.5. The van der Waals surface area contributed by atoms with Crippen molar-refractivity contribution in [3.8, 4) is 22.6 Å². The van der Waals surface area contributed by atoms with Crippen molar-refractivity contribution >= 4 is 35.7 Å². The number of rotatable bonds is 6. The third kappa shape index (κ3) is 4.24. The average Bonchev–Trinajstić information content (AvgIpc) is 3.80. The Labute approximate surface area is 234 Å². The van der Waals surface area contributed by atoms with Crippen LogP contribution >= 0.6 is 0 Å². The van der Waals surface area contributed by atoms with Crippen LogP contribution in [-0.2, 0) is 0 Å². The molecule has 0 N–H and O–H groups in total. The van der Waals surface area contributed by atoms with Gasteiger partial charge in [0.05, 0.1) is 0 Å². The monoisotopic (exact) mass is 518 g/mol. The lowest BCUT2D eigenvalue weighted by Crippen LogP contribution is -2.58. The summed E-state index contributed by atoms with van der Waals surface area (Å²) in [6, 6.07) is 18.7. The maximum atomic E-state index is 6.79. The Kier molecular flexibility index (Phi) is 6.44. The predicted octanol–water partition coefficient (Wildman–Crippen LogP) is 4.39. The zero-order valence-electron chi connectivity index (χ0n) is 23.3. The molecule has 0 radical (unpaired) electrons. The van der Waals surface area contributed by atoms with Crippen molar-refractivity contribution in [3.63, 3.8) is 0 Å². The summed E-state index contributed by atoms with van der Waals surface area (Å²) in [5, 5.41) is 2.67. The standard InChI is InChI=1S/C32H40B2N4O/c1-2-17-35(16-1)33(36-18-3-4-19-36)25-12-13-26-27-14-15-29(28-10-9-11-30(32(27)28)39-31(26)24-25)34(37-20-5-6-21-37)38-22-7-8-23-38/h9-15,24H,1-8,16-23H2. The van der Waals surface area contributed by atoms with Crippen LogP contribution in [0.5, 0.6) is 11.5 Å². The molecular weight excluding hydrogens is 478 g/mol. The number of hydrogen-bond acceptors (Lipinski definition) is 5. The molecular formula is C32H40B2N4O. The second-order valence-electron chi connectivity index (χ2n) is 12.5. The number of ether oxygens (including phenoxy) is 1. The highest BCUT2D eigenvalue weighted by atomic mass is 16.5. The van der Waals surface area contributed by atoms with Gasteiger partial charge in [-0.15, -0.1) is 0 Å². The summed E-state index contributed by atoms with van der Waals surface area (Å²) in [6.45, 7) is 10.4. The molecule has 0 bridgehead atoms. The van der Waals surface area contributed by atoms with Gasteiger partial charge in [-0.3, -0.25) is 0 Å². The Hall–Kier alpha value is -2.31. The Balaban J connectivity index is 1.21. The first-order valence-corrected chi connectivity index (χ1v) is 15.7. The van der Waals surface area contributed by atoms with Crippen LogP contribution in [0.2, 0.25) is 0 Å². The van der Waals surface area contributed by atoms with Crippen molar-refractivity contribution in [2.45, 2.75) is 51.4 Å². The van der Waals surface area contributed by atoms with Crippen LogP contribution < -0.4 is 15.7 Å². The maximum Gasteiger partial charge on any atom is 0.346 e. The second kappa shape index (κ2) is 10.3. The van der Waals surface area contributed by atoms with Gasteiger partial charge in [-0.05, 0) is 138 Å². The summed E-state index contributed by atoms with van der Waals surface area (Å²) in [5.74, 6) is 2.05. The molecule has 0 atom stereocenters. The molecule has 0 amide bonds. The average molecular weight is 518 g/mol. The molecule has 7 heteroatoms. The smallest absolute Gasteiger partial charge is 0.346 e. The highest BCUT2D eigenvalue weighted by Gasteiger charge is 2.38. The molecule has 0 saturated carbocycles. The van der Waals surface area contributed by atoms with Crippen molar-refractivity contribution in [1.82, 2.24) is 19.2 Å². The minimum absolute atomic E-state index is 0.379. The topological polar surface area (TPSA) is 22.2 Å². The molecule has 5 aliphatic heterocycles. The lowest BCUT2D eigenvalue weighted by molar-refractivity contribution is 0.435. The van der Waals surface area contributed by atoms with Crippen molar-refractivity contribution in [2.75, 3.05) is 52.4 Å². The van der Waals surface area contributed by atoms with Gasteiger partial charge in [0.2, 0.25) is 0 Å². The van der Waals surface area contributed by atoms with Gasteiger partial charge in [-0.1, -0.05) is 36.4 Å². The molecule has 0 unspecified atom stereocenters. The Morgan fingerprint density at radius 1 is 0.513 bits per heavy atom. The lowest BCUT2D eigenvalue weighted by atomic mass is 9.62. The molecule has 0 spiro atoms. The van der Waals surface area contributed by atoms with Gasteiger partial charge in [0.1, 0.15) is 11.5 Å². The van der Waals surface area contributed by atoms with E-state index in [2.05, 4.69) is 67.8 Å². The summed E-state index contributed by atoms with van der Waals surface area (Å²) in [7, 11) is 0. The third-order valence-electron chi connectivity index (χ3n) is 10.1. The van der Waals surface area contributed by atoms with E-state index in [1.54, 1.807) is 0 Å². The number of nitrogens with zero attached hydrogens (tertiary/aromatic N) is 4. The van der Waals surface area contributed by atoms with E-state index < -0.39 is 0 Å². The SMILES string of the molecule is c1cc2c3c(ccc(B(N4CCCC4)N4CCCC4)c3c1)-c1ccc(B(N3CCCC3)N3CCCC3)cc1O2. The summed E-state index contributed by atoms with van der Waals surface area (Å²) in [4.78, 5) is 10.9. The molecule has 0 aromatic heterocycles. The van der Waals surface area contributed by atoms with Gasteiger partial charge in [-0.25, -0.2) is 0 Å². The lowest BCUT2D eigenvalue weighted by Gasteiger charge is -2.34. The fourth-order valence-corrected chi connectivity index (χ4v) is 8.28. The Morgan fingerprint density at radius 3 is 1.64 bits per heavy atom. The molecule has 4 saturated heterocycles. The third-order valence-corrected chi connectivity index (χ3v) is 10.1. The van der Waals surface area contributed by atoms with Gasteiger partial charge in [-0.2, -0.15) is 0 Å². The summed E-state index contributed by atoms with van der Waals surface area (Å²) in [5.41, 5.74) is 5.44. The number of benzene rings is 3. The van der Waals surface area contributed by atoms with Gasteiger partial charge in [0.15, 0.2) is 0 Å². The number of fused-ring (bicyclic) bond motifs is 2. The van der Waals surface area contributed by atoms with E-state index in [9.17, 15) is 0 Å². The number of hydrogen-bond donors (Lipinski definition) is 0. The maximum absolute atomic E-state index is 6.79. The highest BCUT2D eigenvalue weighted by Crippen LogP contribution is 2.46. The summed E-state index contributed by atoms with van der Waals surface area (Å²) < 4.78 is 6.79. The largest absolute Gasteiger partial charge is 0.456 e. The zero-order valence-corrected chi connectivity index (χ0v) is 23.3. The van der Waals surface area contributed by atoms with E-state index in [0.717, 1.165) is 11.5 Å². The summed E-state index contributed by atoms with van der Waals surface area (Å²) >= 11 is 0. The molecule has 39 heavy (non-hydrogen) atoms. The van der Waals surface area contributed by atoms with E-state index in [4.69, 9.17) is 4.74 Å². The van der Waals surface area contributed by atoms with Crippen LogP contribution in [0.4, 0.5) is 0 Å². The van der Waals surface area contributed by atoms with Crippen molar-refractivity contribution < 1.29 is 4.74 Å². The van der Waals surface area contributed by atoms with E-state index in [0.29, 0.717) is 14.0 Å². The molecule has 3 aromatic rings. The van der Waals surface area contributed by atoms with Crippen LogP contribution in [-0.4, -0.2) is 85.6 Å². The van der Waals surface area contributed by atoms with Crippen molar-refractivity contribution in [2.24, 2.45) is 0 Å². The fourth-order valence-electron chi connectivity index (χ4n) is 8.28. The van der Waals surface area contributed by atoms with Gasteiger partial charge >= 0.3 is 14.0 Å². The zero-order chi connectivity index (χ0) is 25.8. The molecule has 200 valence electrons. The summed E-state index contributed by atoms with van der Waals surface area (Å²) in [6.07, 6.45) is 10.6. The van der Waals surface area contributed by atoms with Crippen molar-refractivity contribution in [1.29, 1.82) is 0 Å². The normalized spacial score (nSPS) is 22.1. The first kappa shape index (κ1) is 24.5. The van der Waals surface area contributed by atoms with Crippen LogP contribution in [0.1, 0.15) is 51.4 Å². The molecule has 0 aliphatic carbocycles. The van der Waals surface area contributed by atoms with E-state index >= 15 is 0 Å². The molecule has 5 heterocycles. The first-order valence-electron chi connectivity index (χ1n) is 15.7.